The van der Waals surface area contributed by atoms with Gasteiger partial charge >= 0.3 is 0 Å². The summed E-state index contributed by atoms with van der Waals surface area (Å²) in [4.78, 5) is 4.11. The molecule has 42 valence electrons. The highest BCUT2D eigenvalue weighted by molar-refractivity contribution is 6.33. The van der Waals surface area contributed by atoms with Crippen LogP contribution in [0.1, 0.15) is 0 Å². The SMILES string of the molecule is C=C[SiH2]OOOC. The molecule has 0 fully saturated rings. The van der Waals surface area contributed by atoms with Crippen molar-refractivity contribution in [2.24, 2.45) is 0 Å². The second-order valence-electron chi connectivity index (χ2n) is 0.808. The fourth-order valence-corrected chi connectivity index (χ4v) is 0.372. The average Bonchev–Trinajstić information content (AvgIpc) is 1.69. The molecule has 4 heteroatoms. The highest BCUT2D eigenvalue weighted by Gasteiger charge is 1.76. The Balaban J connectivity index is 2.56. The minimum absolute atomic E-state index is 0.673. The van der Waals surface area contributed by atoms with E-state index in [0.29, 0.717) is 0 Å². The van der Waals surface area contributed by atoms with Gasteiger partial charge < -0.3 is 0 Å². The van der Waals surface area contributed by atoms with Crippen molar-refractivity contribution in [2.75, 3.05) is 7.11 Å². The Morgan fingerprint density at radius 2 is 2.43 bits per heavy atom. The zero-order valence-electron chi connectivity index (χ0n) is 4.22. The molecule has 0 aromatic rings. The molecular weight excluding hydrogens is 112 g/mol. The van der Waals surface area contributed by atoms with Crippen molar-refractivity contribution < 1.29 is 14.5 Å². The molecule has 0 amide bonds. The average molecular weight is 120 g/mol. The third-order valence-electron chi connectivity index (χ3n) is 0.302. The van der Waals surface area contributed by atoms with Crippen LogP contribution in [0.4, 0.5) is 0 Å². The fourth-order valence-electron chi connectivity index (χ4n) is 0.124. The van der Waals surface area contributed by atoms with E-state index in [1.54, 1.807) is 5.70 Å². The zero-order chi connectivity index (χ0) is 5.54. The van der Waals surface area contributed by atoms with Gasteiger partial charge in [-0.25, -0.2) is 4.89 Å². The first-order valence-corrected chi connectivity index (χ1v) is 3.24. The normalized spacial score (nSPS) is 10.4. The summed E-state index contributed by atoms with van der Waals surface area (Å²) in [7, 11) is 0.714. The third-order valence-corrected chi connectivity index (χ3v) is 0.770. The van der Waals surface area contributed by atoms with E-state index < -0.39 is 9.76 Å². The fraction of sp³-hybridized carbons (Fsp3) is 0.333. The largest absolute Gasteiger partial charge is 0.260 e. The van der Waals surface area contributed by atoms with Crippen molar-refractivity contribution in [3.8, 4) is 0 Å². The van der Waals surface area contributed by atoms with Crippen LogP contribution < -0.4 is 0 Å². The Morgan fingerprint density at radius 3 is 2.86 bits per heavy atom. The highest BCUT2D eigenvalue weighted by Crippen LogP contribution is 1.72. The summed E-state index contributed by atoms with van der Waals surface area (Å²) in [6, 6.07) is 0. The lowest BCUT2D eigenvalue weighted by atomic mass is 11.3. The van der Waals surface area contributed by atoms with Crippen molar-refractivity contribution >= 4 is 9.76 Å². The van der Waals surface area contributed by atoms with Crippen molar-refractivity contribution in [3.63, 3.8) is 0 Å². The van der Waals surface area contributed by atoms with Crippen LogP contribution in [-0.2, 0) is 14.5 Å². The third kappa shape index (κ3) is 5.84. The molecule has 0 atom stereocenters. The van der Waals surface area contributed by atoms with Crippen LogP contribution in [0.25, 0.3) is 0 Å². The highest BCUT2D eigenvalue weighted by atomic mass is 28.2. The van der Waals surface area contributed by atoms with Gasteiger partial charge in [-0.05, 0) is 0 Å². The van der Waals surface area contributed by atoms with E-state index in [0.717, 1.165) is 0 Å². The van der Waals surface area contributed by atoms with E-state index in [2.05, 4.69) is 21.1 Å². The molecule has 0 aliphatic rings. The molecule has 3 nitrogen and oxygen atoms in total. The van der Waals surface area contributed by atoms with Gasteiger partial charge in [0.1, 0.15) is 0 Å². The molecule has 0 heterocycles. The molecule has 0 N–H and O–H groups in total. The topological polar surface area (TPSA) is 27.7 Å². The van der Waals surface area contributed by atoms with E-state index in [-0.39, 0.29) is 0 Å². The Hall–Kier alpha value is -0.163. The van der Waals surface area contributed by atoms with Crippen LogP contribution >= 0.6 is 0 Å². The summed E-state index contributed by atoms with van der Waals surface area (Å²) >= 11 is 0. The molecule has 0 radical (unpaired) electrons. The van der Waals surface area contributed by atoms with Gasteiger partial charge in [-0.1, -0.05) is 10.7 Å². The lowest BCUT2D eigenvalue weighted by molar-refractivity contribution is -0.456. The van der Waals surface area contributed by atoms with E-state index in [1.165, 1.54) is 7.11 Å². The maximum Gasteiger partial charge on any atom is 0.236 e. The Kier molecular flexibility index (Phi) is 5.70. The van der Waals surface area contributed by atoms with E-state index >= 15 is 0 Å². The molecule has 0 saturated carbocycles. The summed E-state index contributed by atoms with van der Waals surface area (Å²) in [6.45, 7) is 3.43. The monoisotopic (exact) mass is 120 g/mol. The predicted octanol–water partition coefficient (Wildman–Crippen LogP) is -0.277. The summed E-state index contributed by atoms with van der Waals surface area (Å²) in [6.07, 6.45) is 0. The van der Waals surface area contributed by atoms with Crippen molar-refractivity contribution in [3.05, 3.63) is 12.3 Å². The van der Waals surface area contributed by atoms with Crippen LogP contribution in [0, 0.1) is 0 Å². The lowest BCUT2D eigenvalue weighted by Gasteiger charge is -1.92. The van der Waals surface area contributed by atoms with Crippen LogP contribution in [0.2, 0.25) is 0 Å². The van der Waals surface area contributed by atoms with Gasteiger partial charge in [0.25, 0.3) is 0 Å². The molecule has 0 unspecified atom stereocenters. The van der Waals surface area contributed by atoms with Gasteiger partial charge in [0, 0.05) is 0 Å². The molecule has 0 aromatic carbocycles. The van der Waals surface area contributed by atoms with Gasteiger partial charge in [-0.15, -0.1) is 6.58 Å². The minimum Gasteiger partial charge on any atom is -0.260 e. The second kappa shape index (κ2) is 5.84. The van der Waals surface area contributed by atoms with Gasteiger partial charge in [-0.2, -0.15) is 0 Å². The Labute approximate surface area is 44.7 Å². The number of hydrogen-bond donors (Lipinski definition) is 0. The van der Waals surface area contributed by atoms with E-state index in [9.17, 15) is 0 Å². The van der Waals surface area contributed by atoms with Crippen LogP contribution in [0.5, 0.6) is 0 Å². The molecule has 0 rings (SSSR count). The molecular formula is C3H8O3Si. The number of rotatable bonds is 4. The van der Waals surface area contributed by atoms with Crippen LogP contribution in [0.15, 0.2) is 12.3 Å². The Morgan fingerprint density at radius 1 is 1.71 bits per heavy atom. The van der Waals surface area contributed by atoms with Gasteiger partial charge in [-0.3, -0.25) is 4.58 Å². The van der Waals surface area contributed by atoms with E-state index in [4.69, 9.17) is 0 Å². The first-order valence-electron chi connectivity index (χ1n) is 1.85. The predicted molar refractivity (Wildman–Crippen MR) is 27.9 cm³/mol. The van der Waals surface area contributed by atoms with Gasteiger partial charge in [0.2, 0.25) is 9.76 Å². The number of hydrogen-bond acceptors (Lipinski definition) is 3. The van der Waals surface area contributed by atoms with Crippen LogP contribution in [0.3, 0.4) is 0 Å². The maximum atomic E-state index is 4.43. The van der Waals surface area contributed by atoms with Gasteiger partial charge in [0.15, 0.2) is 0 Å². The van der Waals surface area contributed by atoms with Crippen molar-refractivity contribution in [1.29, 1.82) is 0 Å². The van der Waals surface area contributed by atoms with Crippen molar-refractivity contribution in [2.45, 2.75) is 0 Å². The summed E-state index contributed by atoms with van der Waals surface area (Å²) in [5, 5.41) is 4.06. The second-order valence-corrected chi connectivity index (χ2v) is 1.95. The molecule has 7 heavy (non-hydrogen) atoms. The maximum absolute atomic E-state index is 4.43. The molecule has 0 aliphatic heterocycles. The summed E-state index contributed by atoms with van der Waals surface area (Å²) in [5.74, 6) is 0. The van der Waals surface area contributed by atoms with Crippen LogP contribution in [-0.4, -0.2) is 16.9 Å². The Bertz CT molecular complexity index is 47.4. The summed E-state index contributed by atoms with van der Waals surface area (Å²) < 4.78 is 4.43. The summed E-state index contributed by atoms with van der Waals surface area (Å²) in [5.41, 5.74) is 1.69. The minimum atomic E-state index is -0.673. The first kappa shape index (κ1) is 6.84. The molecule has 0 spiro atoms. The van der Waals surface area contributed by atoms with E-state index in [1.807, 2.05) is 0 Å². The molecule has 0 bridgehead atoms. The first-order chi connectivity index (χ1) is 3.41. The molecule has 0 aliphatic carbocycles. The standard InChI is InChI=1S/C3H8O3Si/c1-3-7-6-5-4-2/h3H,1,7H2,2H3. The smallest absolute Gasteiger partial charge is 0.236 e. The lowest BCUT2D eigenvalue weighted by Crippen LogP contribution is -1.94. The molecule has 0 saturated heterocycles. The zero-order valence-corrected chi connectivity index (χ0v) is 5.63. The molecule has 0 aromatic heterocycles. The quantitative estimate of drug-likeness (QED) is 0.221. The van der Waals surface area contributed by atoms with Crippen molar-refractivity contribution in [1.82, 2.24) is 0 Å². The van der Waals surface area contributed by atoms with Gasteiger partial charge in [0.05, 0.1) is 7.11 Å².